The van der Waals surface area contributed by atoms with Crippen molar-refractivity contribution >= 4 is 39.4 Å². The molecule has 2 N–H and O–H groups in total. The highest BCUT2D eigenvalue weighted by molar-refractivity contribution is 9.10. The van der Waals surface area contributed by atoms with E-state index in [0.29, 0.717) is 16.5 Å². The summed E-state index contributed by atoms with van der Waals surface area (Å²) in [5.74, 6) is -0.0648. The second-order valence-electron chi connectivity index (χ2n) is 4.66. The van der Waals surface area contributed by atoms with Gasteiger partial charge in [-0.15, -0.1) is 0 Å². The summed E-state index contributed by atoms with van der Waals surface area (Å²) in [5.41, 5.74) is 1.22. The Morgan fingerprint density at radius 3 is 2.81 bits per heavy atom. The number of anilines is 1. The standard InChI is InChI=1S/C14H12BrN3O2S/c1-21-14-17-12-11(13(20)18-14)8(6-10(19)16-12)7-4-2-3-5-9(7)15/h2-5,8H,6H2,1H3,(H2,16,17,18,19,20). The number of carbonyl (C=O) groups excluding carboxylic acids is 1. The number of hydrogen-bond acceptors (Lipinski definition) is 4. The van der Waals surface area contributed by atoms with E-state index in [1.807, 2.05) is 30.5 Å². The number of H-pyrrole nitrogens is 1. The van der Waals surface area contributed by atoms with Crippen LogP contribution >= 0.6 is 27.7 Å². The first-order valence-electron chi connectivity index (χ1n) is 6.32. The Bertz CT molecular complexity index is 775. The predicted octanol–water partition coefficient (Wildman–Crippen LogP) is 2.73. The molecule has 0 fully saturated rings. The second-order valence-corrected chi connectivity index (χ2v) is 6.31. The molecule has 108 valence electrons. The van der Waals surface area contributed by atoms with Crippen molar-refractivity contribution in [1.82, 2.24) is 9.97 Å². The van der Waals surface area contributed by atoms with Gasteiger partial charge >= 0.3 is 0 Å². The molecule has 0 saturated carbocycles. The predicted molar refractivity (Wildman–Crippen MR) is 85.9 cm³/mol. The zero-order valence-electron chi connectivity index (χ0n) is 11.1. The second kappa shape index (κ2) is 5.65. The Kier molecular flexibility index (Phi) is 3.86. The van der Waals surface area contributed by atoms with Crippen molar-refractivity contribution in [2.45, 2.75) is 17.5 Å². The third kappa shape index (κ3) is 2.63. The summed E-state index contributed by atoms with van der Waals surface area (Å²) in [6.07, 6.45) is 2.06. The highest BCUT2D eigenvalue weighted by atomic mass is 79.9. The number of aromatic amines is 1. The highest BCUT2D eigenvalue weighted by Crippen LogP contribution is 2.37. The molecule has 1 aliphatic rings. The summed E-state index contributed by atoms with van der Waals surface area (Å²) < 4.78 is 0.879. The fraction of sp³-hybridized carbons (Fsp3) is 0.214. The minimum atomic E-state index is -0.295. The Balaban J connectivity index is 2.21. The minimum absolute atomic E-state index is 0.131. The van der Waals surface area contributed by atoms with Crippen molar-refractivity contribution < 1.29 is 4.79 Å². The van der Waals surface area contributed by atoms with E-state index in [1.165, 1.54) is 11.8 Å². The molecule has 1 atom stereocenters. The topological polar surface area (TPSA) is 74.8 Å². The molecule has 7 heteroatoms. The molecule has 1 unspecified atom stereocenters. The molecule has 2 aromatic rings. The zero-order valence-corrected chi connectivity index (χ0v) is 13.5. The van der Waals surface area contributed by atoms with E-state index < -0.39 is 0 Å². The quantitative estimate of drug-likeness (QED) is 0.633. The van der Waals surface area contributed by atoms with E-state index >= 15 is 0 Å². The summed E-state index contributed by atoms with van der Waals surface area (Å²) in [6.45, 7) is 0. The summed E-state index contributed by atoms with van der Waals surface area (Å²) in [4.78, 5) is 31.4. The first-order valence-corrected chi connectivity index (χ1v) is 8.34. The lowest BCUT2D eigenvalue weighted by molar-refractivity contribution is -0.116. The SMILES string of the molecule is CSc1nc2c(c(=O)[nH]1)C(c1ccccc1Br)CC(=O)N2. The molecule has 0 aliphatic carbocycles. The van der Waals surface area contributed by atoms with Crippen LogP contribution in [0.1, 0.15) is 23.5 Å². The van der Waals surface area contributed by atoms with Gasteiger partial charge < -0.3 is 10.3 Å². The molecule has 0 spiro atoms. The average molecular weight is 366 g/mol. The summed E-state index contributed by atoms with van der Waals surface area (Å²) in [6, 6.07) is 7.61. The molecule has 3 rings (SSSR count). The van der Waals surface area contributed by atoms with Crippen LogP contribution in [0.25, 0.3) is 0 Å². The number of nitrogens with zero attached hydrogens (tertiary/aromatic N) is 1. The van der Waals surface area contributed by atoms with E-state index in [0.717, 1.165) is 10.0 Å². The van der Waals surface area contributed by atoms with Crippen LogP contribution in [-0.4, -0.2) is 22.1 Å². The molecular formula is C14H12BrN3O2S. The first kappa shape index (κ1) is 14.3. The van der Waals surface area contributed by atoms with Crippen LogP contribution < -0.4 is 10.9 Å². The normalized spacial score (nSPS) is 17.2. The number of nitrogens with one attached hydrogen (secondary N) is 2. The highest BCUT2D eigenvalue weighted by Gasteiger charge is 2.31. The van der Waals surface area contributed by atoms with Crippen molar-refractivity contribution in [3.63, 3.8) is 0 Å². The van der Waals surface area contributed by atoms with Gasteiger partial charge in [-0.2, -0.15) is 0 Å². The number of thioether (sulfide) groups is 1. The number of hydrogen-bond donors (Lipinski definition) is 2. The van der Waals surface area contributed by atoms with Crippen LogP contribution in [0, 0.1) is 0 Å². The van der Waals surface area contributed by atoms with Crippen molar-refractivity contribution in [3.8, 4) is 0 Å². The van der Waals surface area contributed by atoms with Gasteiger partial charge in [-0.3, -0.25) is 9.59 Å². The summed E-state index contributed by atoms with van der Waals surface area (Å²) in [7, 11) is 0. The maximum Gasteiger partial charge on any atom is 0.257 e. The maximum absolute atomic E-state index is 12.4. The monoisotopic (exact) mass is 365 g/mol. The maximum atomic E-state index is 12.4. The number of rotatable bonds is 2. The van der Waals surface area contributed by atoms with Gasteiger partial charge in [0.25, 0.3) is 5.56 Å². The third-order valence-electron chi connectivity index (χ3n) is 3.40. The van der Waals surface area contributed by atoms with Gasteiger partial charge in [-0.25, -0.2) is 4.98 Å². The molecular weight excluding hydrogens is 354 g/mol. The van der Waals surface area contributed by atoms with E-state index in [1.54, 1.807) is 0 Å². The Hall–Kier alpha value is -1.60. The van der Waals surface area contributed by atoms with Crippen molar-refractivity contribution in [2.75, 3.05) is 11.6 Å². The number of aromatic nitrogens is 2. The Morgan fingerprint density at radius 2 is 2.10 bits per heavy atom. The molecule has 1 amide bonds. The van der Waals surface area contributed by atoms with Crippen LogP contribution in [0.4, 0.5) is 5.82 Å². The average Bonchev–Trinajstić information content (AvgIpc) is 2.46. The van der Waals surface area contributed by atoms with E-state index in [4.69, 9.17) is 0 Å². The lowest BCUT2D eigenvalue weighted by Gasteiger charge is -2.25. The van der Waals surface area contributed by atoms with Crippen LogP contribution in [0.2, 0.25) is 0 Å². The Labute approximate surface area is 133 Å². The molecule has 1 aromatic heterocycles. The number of amides is 1. The van der Waals surface area contributed by atoms with Crippen molar-refractivity contribution in [3.05, 3.63) is 50.2 Å². The molecule has 5 nitrogen and oxygen atoms in total. The number of fused-ring (bicyclic) bond motifs is 1. The lowest BCUT2D eigenvalue weighted by Crippen LogP contribution is -2.31. The smallest absolute Gasteiger partial charge is 0.257 e. The van der Waals surface area contributed by atoms with Gasteiger partial charge in [0.05, 0.1) is 5.56 Å². The number of halogens is 1. The molecule has 0 bridgehead atoms. The molecule has 0 saturated heterocycles. The van der Waals surface area contributed by atoms with Gasteiger partial charge in [0, 0.05) is 16.8 Å². The largest absolute Gasteiger partial charge is 0.310 e. The molecule has 2 heterocycles. The summed E-state index contributed by atoms with van der Waals surface area (Å²) >= 11 is 4.82. The van der Waals surface area contributed by atoms with Gasteiger partial charge in [-0.05, 0) is 17.9 Å². The van der Waals surface area contributed by atoms with Gasteiger partial charge in [0.15, 0.2) is 5.16 Å². The molecule has 0 radical (unpaired) electrons. The molecule has 1 aliphatic heterocycles. The van der Waals surface area contributed by atoms with Gasteiger partial charge in [-0.1, -0.05) is 45.9 Å². The first-order chi connectivity index (χ1) is 10.1. The van der Waals surface area contributed by atoms with Crippen molar-refractivity contribution in [1.29, 1.82) is 0 Å². The van der Waals surface area contributed by atoms with Crippen LogP contribution in [0.3, 0.4) is 0 Å². The van der Waals surface area contributed by atoms with Crippen LogP contribution in [0.5, 0.6) is 0 Å². The Morgan fingerprint density at radius 1 is 1.33 bits per heavy atom. The summed E-state index contributed by atoms with van der Waals surface area (Å²) in [5, 5.41) is 3.19. The van der Waals surface area contributed by atoms with Crippen LogP contribution in [0.15, 0.2) is 38.7 Å². The minimum Gasteiger partial charge on any atom is -0.310 e. The van der Waals surface area contributed by atoms with Gasteiger partial charge in [0.2, 0.25) is 5.91 Å². The molecule has 1 aromatic carbocycles. The fourth-order valence-corrected chi connectivity index (χ4v) is 3.41. The number of carbonyl (C=O) groups is 1. The van der Waals surface area contributed by atoms with E-state index in [2.05, 4.69) is 31.2 Å². The zero-order chi connectivity index (χ0) is 15.0. The fourth-order valence-electron chi connectivity index (χ4n) is 2.47. The van der Waals surface area contributed by atoms with E-state index in [-0.39, 0.29) is 23.8 Å². The van der Waals surface area contributed by atoms with Gasteiger partial charge in [0.1, 0.15) is 5.82 Å². The lowest BCUT2D eigenvalue weighted by atomic mass is 9.87. The third-order valence-corrected chi connectivity index (χ3v) is 4.71. The molecule has 21 heavy (non-hydrogen) atoms. The van der Waals surface area contributed by atoms with Crippen molar-refractivity contribution in [2.24, 2.45) is 0 Å². The number of benzene rings is 1. The van der Waals surface area contributed by atoms with E-state index in [9.17, 15) is 9.59 Å². The van der Waals surface area contributed by atoms with Crippen LogP contribution in [-0.2, 0) is 4.79 Å².